The summed E-state index contributed by atoms with van der Waals surface area (Å²) < 4.78 is 0. The van der Waals surface area contributed by atoms with Gasteiger partial charge in [-0.1, -0.05) is 6.07 Å². The predicted octanol–water partition coefficient (Wildman–Crippen LogP) is 1.79. The highest BCUT2D eigenvalue weighted by molar-refractivity contribution is 7.13. The van der Waals surface area contributed by atoms with Crippen LogP contribution in [-0.2, 0) is 6.54 Å². The second-order valence-electron chi connectivity index (χ2n) is 4.46. The molecular weight excluding hydrogens is 274 g/mol. The molecule has 1 amide bonds. The summed E-state index contributed by atoms with van der Waals surface area (Å²) >= 11 is 1.39. The van der Waals surface area contributed by atoms with Crippen molar-refractivity contribution in [1.29, 1.82) is 0 Å². The van der Waals surface area contributed by atoms with Crippen LogP contribution in [0.3, 0.4) is 0 Å². The number of aryl methyl sites for hydroxylation is 2. The minimum absolute atomic E-state index is 0.0666. The van der Waals surface area contributed by atoms with Gasteiger partial charge in [-0.05, 0) is 25.5 Å². The summed E-state index contributed by atoms with van der Waals surface area (Å²) in [6.07, 6.45) is 3.42. The van der Waals surface area contributed by atoms with Crippen molar-refractivity contribution in [2.24, 2.45) is 0 Å². The molecule has 0 aromatic carbocycles. The van der Waals surface area contributed by atoms with Gasteiger partial charge in [0, 0.05) is 25.5 Å². The molecule has 6 heteroatoms. The van der Waals surface area contributed by atoms with Crippen LogP contribution in [0.1, 0.15) is 25.9 Å². The van der Waals surface area contributed by atoms with Crippen molar-refractivity contribution in [3.63, 3.8) is 0 Å². The summed E-state index contributed by atoms with van der Waals surface area (Å²) in [6.45, 7) is 4.38. The lowest BCUT2D eigenvalue weighted by Gasteiger charge is -2.21. The zero-order valence-electron chi connectivity index (χ0n) is 11.5. The van der Waals surface area contributed by atoms with Crippen molar-refractivity contribution in [2.45, 2.75) is 20.4 Å². The summed E-state index contributed by atoms with van der Waals surface area (Å²) in [7, 11) is 0. The quantitative estimate of drug-likeness (QED) is 0.912. The van der Waals surface area contributed by atoms with E-state index in [9.17, 15) is 4.79 Å². The zero-order chi connectivity index (χ0) is 14.5. The molecule has 1 N–H and O–H groups in total. The Bertz CT molecular complexity index is 583. The van der Waals surface area contributed by atoms with Gasteiger partial charge in [0.2, 0.25) is 0 Å². The molecule has 2 aromatic heterocycles. The van der Waals surface area contributed by atoms with Gasteiger partial charge in [0.15, 0.2) is 0 Å². The Kier molecular flexibility index (Phi) is 4.81. The van der Waals surface area contributed by atoms with Gasteiger partial charge < -0.3 is 10.0 Å². The maximum Gasteiger partial charge on any atom is 0.266 e. The average molecular weight is 291 g/mol. The van der Waals surface area contributed by atoms with E-state index in [0.717, 1.165) is 16.3 Å². The number of carbonyl (C=O) groups excluding carboxylic acids is 1. The molecule has 106 valence electrons. The molecule has 0 atom stereocenters. The number of hydrogen-bond acceptors (Lipinski definition) is 5. The Labute approximate surface area is 121 Å². The Morgan fingerprint density at radius 2 is 2.25 bits per heavy atom. The van der Waals surface area contributed by atoms with E-state index < -0.39 is 0 Å². The number of amides is 1. The summed E-state index contributed by atoms with van der Waals surface area (Å²) in [5, 5.41) is 10.0. The van der Waals surface area contributed by atoms with Gasteiger partial charge in [-0.2, -0.15) is 0 Å². The number of hydrogen-bond donors (Lipinski definition) is 1. The van der Waals surface area contributed by atoms with Gasteiger partial charge >= 0.3 is 0 Å². The van der Waals surface area contributed by atoms with Crippen LogP contribution in [0.25, 0.3) is 0 Å². The van der Waals surface area contributed by atoms with Crippen molar-refractivity contribution in [3.05, 3.63) is 45.7 Å². The molecule has 20 heavy (non-hydrogen) atoms. The fourth-order valence-electron chi connectivity index (χ4n) is 1.96. The topological polar surface area (TPSA) is 66.3 Å². The first-order chi connectivity index (χ1) is 9.61. The van der Waals surface area contributed by atoms with Crippen molar-refractivity contribution in [1.82, 2.24) is 14.9 Å². The van der Waals surface area contributed by atoms with Gasteiger partial charge in [0.05, 0.1) is 17.3 Å². The zero-order valence-corrected chi connectivity index (χ0v) is 12.4. The van der Waals surface area contributed by atoms with Crippen LogP contribution in [0.5, 0.6) is 0 Å². The molecule has 0 aliphatic rings. The second kappa shape index (κ2) is 6.58. The van der Waals surface area contributed by atoms with Crippen molar-refractivity contribution in [3.8, 4) is 0 Å². The van der Waals surface area contributed by atoms with E-state index in [1.807, 2.05) is 26.0 Å². The van der Waals surface area contributed by atoms with E-state index >= 15 is 0 Å². The van der Waals surface area contributed by atoms with Crippen LogP contribution < -0.4 is 0 Å². The predicted molar refractivity (Wildman–Crippen MR) is 77.7 cm³/mol. The highest BCUT2D eigenvalue weighted by atomic mass is 32.1. The minimum atomic E-state index is -0.0917. The largest absolute Gasteiger partial charge is 0.395 e. The summed E-state index contributed by atoms with van der Waals surface area (Å²) in [6, 6.07) is 3.74. The number of pyridine rings is 1. The maximum absolute atomic E-state index is 12.5. The third-order valence-corrected chi connectivity index (χ3v) is 3.91. The van der Waals surface area contributed by atoms with Crippen LogP contribution >= 0.6 is 11.3 Å². The number of carbonyl (C=O) groups is 1. The minimum Gasteiger partial charge on any atom is -0.395 e. The molecule has 0 aliphatic carbocycles. The maximum atomic E-state index is 12.5. The SMILES string of the molecule is Cc1nc(C)c(C(=O)N(CCO)Cc2cccnc2)s1. The first kappa shape index (κ1) is 14.6. The van der Waals surface area contributed by atoms with E-state index in [4.69, 9.17) is 5.11 Å². The van der Waals surface area contributed by atoms with E-state index in [-0.39, 0.29) is 12.5 Å². The van der Waals surface area contributed by atoms with Gasteiger partial charge in [-0.3, -0.25) is 9.78 Å². The van der Waals surface area contributed by atoms with E-state index in [0.29, 0.717) is 18.0 Å². The molecular formula is C14H17N3O2S. The smallest absolute Gasteiger partial charge is 0.266 e. The van der Waals surface area contributed by atoms with Gasteiger partial charge in [-0.25, -0.2) is 4.98 Å². The Hall–Kier alpha value is -1.79. The Morgan fingerprint density at radius 1 is 1.45 bits per heavy atom. The molecule has 0 spiro atoms. The Balaban J connectivity index is 2.20. The third kappa shape index (κ3) is 3.40. The molecule has 0 bridgehead atoms. The lowest BCUT2D eigenvalue weighted by atomic mass is 10.2. The first-order valence-corrected chi connectivity index (χ1v) is 7.16. The van der Waals surface area contributed by atoms with E-state index in [1.54, 1.807) is 17.3 Å². The number of nitrogens with zero attached hydrogens (tertiary/aromatic N) is 3. The monoisotopic (exact) mass is 291 g/mol. The number of thiazole rings is 1. The molecule has 2 heterocycles. The summed E-state index contributed by atoms with van der Waals surface area (Å²) in [5.74, 6) is -0.0917. The molecule has 2 rings (SSSR count). The molecule has 2 aromatic rings. The average Bonchev–Trinajstić information content (AvgIpc) is 2.77. The lowest BCUT2D eigenvalue weighted by Crippen LogP contribution is -2.33. The lowest BCUT2D eigenvalue weighted by molar-refractivity contribution is 0.0711. The van der Waals surface area contributed by atoms with Crippen LogP contribution in [0.2, 0.25) is 0 Å². The fraction of sp³-hybridized carbons (Fsp3) is 0.357. The molecule has 5 nitrogen and oxygen atoms in total. The highest BCUT2D eigenvalue weighted by Crippen LogP contribution is 2.20. The van der Waals surface area contributed by atoms with E-state index in [1.165, 1.54) is 11.3 Å². The first-order valence-electron chi connectivity index (χ1n) is 6.35. The van der Waals surface area contributed by atoms with Crippen LogP contribution in [0.4, 0.5) is 0 Å². The molecule has 0 aliphatic heterocycles. The van der Waals surface area contributed by atoms with Gasteiger partial charge in [0.1, 0.15) is 4.88 Å². The number of aromatic nitrogens is 2. The standard InChI is InChI=1S/C14H17N3O2S/c1-10-13(20-11(2)16-10)14(19)17(6-7-18)9-12-4-3-5-15-8-12/h3-5,8,18H,6-7,9H2,1-2H3. The summed E-state index contributed by atoms with van der Waals surface area (Å²) in [5.41, 5.74) is 1.68. The molecule has 0 saturated heterocycles. The number of aliphatic hydroxyl groups excluding tert-OH is 1. The molecule has 0 unspecified atom stereocenters. The van der Waals surface area contributed by atoms with Crippen molar-refractivity contribution < 1.29 is 9.90 Å². The van der Waals surface area contributed by atoms with E-state index in [2.05, 4.69) is 9.97 Å². The summed E-state index contributed by atoms with van der Waals surface area (Å²) in [4.78, 5) is 23.1. The normalized spacial score (nSPS) is 10.6. The van der Waals surface area contributed by atoms with Crippen LogP contribution in [-0.4, -0.2) is 39.0 Å². The van der Waals surface area contributed by atoms with Gasteiger partial charge in [-0.15, -0.1) is 11.3 Å². The molecule has 0 fully saturated rings. The van der Waals surface area contributed by atoms with Crippen LogP contribution in [0, 0.1) is 13.8 Å². The van der Waals surface area contributed by atoms with Gasteiger partial charge in [0.25, 0.3) is 5.91 Å². The fourth-order valence-corrected chi connectivity index (χ4v) is 2.85. The third-order valence-electron chi connectivity index (χ3n) is 2.85. The number of aliphatic hydroxyl groups is 1. The number of rotatable bonds is 5. The van der Waals surface area contributed by atoms with Crippen LogP contribution in [0.15, 0.2) is 24.5 Å². The molecule has 0 saturated carbocycles. The Morgan fingerprint density at radius 3 is 2.80 bits per heavy atom. The van der Waals surface area contributed by atoms with Crippen molar-refractivity contribution in [2.75, 3.05) is 13.2 Å². The molecule has 0 radical (unpaired) electrons. The second-order valence-corrected chi connectivity index (χ2v) is 5.66. The van der Waals surface area contributed by atoms with Crippen molar-refractivity contribution >= 4 is 17.2 Å². The highest BCUT2D eigenvalue weighted by Gasteiger charge is 2.20.